The number of likely N-dealkylation sites (tertiary alicyclic amines) is 1. The lowest BCUT2D eigenvalue weighted by molar-refractivity contribution is -0.0339. The second kappa shape index (κ2) is 7.92. The highest BCUT2D eigenvalue weighted by molar-refractivity contribution is 6.43. The van der Waals surface area contributed by atoms with Gasteiger partial charge in [0.1, 0.15) is 0 Å². The van der Waals surface area contributed by atoms with Gasteiger partial charge in [-0.2, -0.15) is 0 Å². The molecule has 3 aliphatic rings. The molecule has 1 aromatic carbocycles. The molecule has 7 heteroatoms. The second-order valence-corrected chi connectivity index (χ2v) is 9.95. The molecule has 154 valence electrons. The number of urea groups is 1. The van der Waals surface area contributed by atoms with E-state index in [4.69, 9.17) is 23.2 Å². The molecule has 2 amide bonds. The van der Waals surface area contributed by atoms with Crippen LogP contribution in [-0.4, -0.2) is 68.7 Å². The Hall–Kier alpha value is -1.17. The minimum Gasteiger partial charge on any atom is -0.369 e. The number of hydrogen-bond acceptors (Lipinski definition) is 3. The fourth-order valence-corrected chi connectivity index (χ4v) is 5.48. The van der Waals surface area contributed by atoms with Crippen LogP contribution in [0, 0.1) is 11.3 Å². The van der Waals surface area contributed by atoms with Crippen LogP contribution in [0.1, 0.15) is 25.7 Å². The van der Waals surface area contributed by atoms with E-state index in [9.17, 15) is 4.79 Å². The zero-order valence-corrected chi connectivity index (χ0v) is 18.3. The van der Waals surface area contributed by atoms with Crippen molar-refractivity contribution in [3.63, 3.8) is 0 Å². The van der Waals surface area contributed by atoms with E-state index in [2.05, 4.69) is 21.2 Å². The van der Waals surface area contributed by atoms with E-state index in [0.29, 0.717) is 21.5 Å². The Balaban J connectivity index is 1.17. The normalized spacial score (nSPS) is 26.5. The molecule has 2 heterocycles. The van der Waals surface area contributed by atoms with Gasteiger partial charge in [-0.05, 0) is 43.7 Å². The van der Waals surface area contributed by atoms with Crippen LogP contribution in [-0.2, 0) is 0 Å². The van der Waals surface area contributed by atoms with Crippen molar-refractivity contribution in [2.24, 2.45) is 11.3 Å². The number of nitrogens with zero attached hydrogens (tertiary/aromatic N) is 3. The molecule has 28 heavy (non-hydrogen) atoms. The average molecular weight is 425 g/mol. The van der Waals surface area contributed by atoms with Crippen molar-refractivity contribution in [3.05, 3.63) is 28.2 Å². The number of carbonyl (C=O) groups excluding carboxylic acids is 1. The standard InChI is InChI=1S/C21H30Cl2N4O/c1-25(2)20(28)24-16-8-6-15(7-9-16)10-26-11-21(12-26)13-27(14-21)18-5-3-4-17(22)19(18)23/h3-5,15-16H,6-14H2,1-2H3,(H,24,28). The van der Waals surface area contributed by atoms with Gasteiger partial charge in [0.15, 0.2) is 0 Å². The topological polar surface area (TPSA) is 38.8 Å². The van der Waals surface area contributed by atoms with Crippen molar-refractivity contribution in [3.8, 4) is 0 Å². The van der Waals surface area contributed by atoms with Crippen molar-refractivity contribution in [2.75, 3.05) is 51.7 Å². The Labute approximate surface area is 177 Å². The summed E-state index contributed by atoms with van der Waals surface area (Å²) in [5.41, 5.74) is 1.51. The van der Waals surface area contributed by atoms with E-state index in [1.807, 2.05) is 12.1 Å². The van der Waals surface area contributed by atoms with Crippen LogP contribution >= 0.6 is 23.2 Å². The molecule has 0 radical (unpaired) electrons. The first kappa shape index (κ1) is 20.1. The number of amides is 2. The number of carbonyl (C=O) groups is 1. The summed E-state index contributed by atoms with van der Waals surface area (Å²) in [6, 6.07) is 6.25. The Morgan fingerprint density at radius 3 is 2.46 bits per heavy atom. The zero-order valence-electron chi connectivity index (χ0n) is 16.8. The third-order valence-electron chi connectivity index (χ3n) is 6.54. The summed E-state index contributed by atoms with van der Waals surface area (Å²) in [4.78, 5) is 18.4. The molecule has 1 aromatic rings. The molecule has 0 unspecified atom stereocenters. The first-order valence-electron chi connectivity index (χ1n) is 10.2. The van der Waals surface area contributed by atoms with E-state index in [1.165, 1.54) is 32.5 Å². The van der Waals surface area contributed by atoms with Gasteiger partial charge in [-0.3, -0.25) is 0 Å². The maximum atomic E-state index is 11.8. The summed E-state index contributed by atoms with van der Waals surface area (Å²) in [6.07, 6.45) is 4.63. The monoisotopic (exact) mass is 424 g/mol. The molecule has 4 rings (SSSR count). The minimum atomic E-state index is 0.0301. The summed E-state index contributed by atoms with van der Waals surface area (Å²) in [5, 5.41) is 4.43. The quantitative estimate of drug-likeness (QED) is 0.794. The number of anilines is 1. The van der Waals surface area contributed by atoms with E-state index in [1.54, 1.807) is 19.0 Å². The highest BCUT2D eigenvalue weighted by atomic mass is 35.5. The number of hydrogen-bond donors (Lipinski definition) is 1. The molecule has 2 saturated heterocycles. The molecule has 1 N–H and O–H groups in total. The molecular weight excluding hydrogens is 395 g/mol. The van der Waals surface area contributed by atoms with Gasteiger partial charge in [-0.15, -0.1) is 0 Å². The molecule has 2 aliphatic heterocycles. The number of benzene rings is 1. The Bertz CT molecular complexity index is 719. The predicted molar refractivity (Wildman–Crippen MR) is 116 cm³/mol. The molecule has 1 aliphatic carbocycles. The molecule has 3 fully saturated rings. The van der Waals surface area contributed by atoms with E-state index in [-0.39, 0.29) is 6.03 Å². The van der Waals surface area contributed by atoms with Gasteiger partial charge in [0, 0.05) is 58.3 Å². The third-order valence-corrected chi connectivity index (χ3v) is 7.35. The molecule has 0 atom stereocenters. The smallest absolute Gasteiger partial charge is 0.317 e. The summed E-state index contributed by atoms with van der Waals surface area (Å²) in [5.74, 6) is 0.767. The zero-order chi connectivity index (χ0) is 19.9. The van der Waals surface area contributed by atoms with Crippen LogP contribution in [0.2, 0.25) is 10.0 Å². The predicted octanol–water partition coefficient (Wildman–Crippen LogP) is 3.95. The fraction of sp³-hybridized carbons (Fsp3) is 0.667. The first-order valence-corrected chi connectivity index (χ1v) is 11.0. The van der Waals surface area contributed by atoms with Gasteiger partial charge in [0.05, 0.1) is 15.7 Å². The van der Waals surface area contributed by atoms with Crippen LogP contribution in [0.5, 0.6) is 0 Å². The maximum Gasteiger partial charge on any atom is 0.317 e. The van der Waals surface area contributed by atoms with Crippen molar-refractivity contribution >= 4 is 34.9 Å². The van der Waals surface area contributed by atoms with Gasteiger partial charge in [0.2, 0.25) is 0 Å². The highest BCUT2D eigenvalue weighted by Crippen LogP contribution is 2.45. The van der Waals surface area contributed by atoms with Crippen LogP contribution in [0.4, 0.5) is 10.5 Å². The maximum absolute atomic E-state index is 11.8. The Kier molecular flexibility index (Phi) is 5.69. The van der Waals surface area contributed by atoms with Crippen LogP contribution < -0.4 is 10.2 Å². The molecule has 1 saturated carbocycles. The average Bonchev–Trinajstić information content (AvgIpc) is 2.60. The second-order valence-electron chi connectivity index (χ2n) is 9.16. The lowest BCUT2D eigenvalue weighted by atomic mass is 9.71. The van der Waals surface area contributed by atoms with E-state index in [0.717, 1.165) is 37.5 Å². The van der Waals surface area contributed by atoms with E-state index >= 15 is 0 Å². The summed E-state index contributed by atoms with van der Waals surface area (Å²) >= 11 is 12.5. The Morgan fingerprint density at radius 1 is 1.14 bits per heavy atom. The number of rotatable bonds is 4. The van der Waals surface area contributed by atoms with Gasteiger partial charge in [-0.25, -0.2) is 4.79 Å². The summed E-state index contributed by atoms with van der Waals surface area (Å²) < 4.78 is 0. The third kappa shape index (κ3) is 4.07. The summed E-state index contributed by atoms with van der Waals surface area (Å²) in [6.45, 7) is 5.74. The van der Waals surface area contributed by atoms with Gasteiger partial charge < -0.3 is 20.0 Å². The largest absolute Gasteiger partial charge is 0.369 e. The van der Waals surface area contributed by atoms with Crippen LogP contribution in [0.3, 0.4) is 0 Å². The molecule has 1 spiro atoms. The van der Waals surface area contributed by atoms with Crippen molar-refractivity contribution in [2.45, 2.75) is 31.7 Å². The SMILES string of the molecule is CN(C)C(=O)NC1CCC(CN2CC3(C2)CN(c2cccc(Cl)c2Cl)C3)CC1. The van der Waals surface area contributed by atoms with E-state index < -0.39 is 0 Å². The lowest BCUT2D eigenvalue weighted by Crippen LogP contribution is -2.72. The Morgan fingerprint density at radius 2 is 1.82 bits per heavy atom. The van der Waals surface area contributed by atoms with Gasteiger partial charge in [0.25, 0.3) is 0 Å². The molecule has 0 aromatic heterocycles. The van der Waals surface area contributed by atoms with Crippen molar-refractivity contribution in [1.82, 2.24) is 15.1 Å². The summed E-state index contributed by atoms with van der Waals surface area (Å²) in [7, 11) is 3.59. The molecule has 0 bridgehead atoms. The van der Waals surface area contributed by atoms with Gasteiger partial charge in [-0.1, -0.05) is 29.3 Å². The lowest BCUT2D eigenvalue weighted by Gasteiger charge is -2.61. The fourth-order valence-electron chi connectivity index (χ4n) is 5.06. The highest BCUT2D eigenvalue weighted by Gasteiger charge is 2.52. The number of nitrogens with one attached hydrogen (secondary N) is 1. The molecular formula is C21H30Cl2N4O. The van der Waals surface area contributed by atoms with Crippen LogP contribution in [0.25, 0.3) is 0 Å². The van der Waals surface area contributed by atoms with Crippen LogP contribution in [0.15, 0.2) is 18.2 Å². The van der Waals surface area contributed by atoms with Crippen molar-refractivity contribution < 1.29 is 4.79 Å². The first-order chi connectivity index (χ1) is 13.3. The number of halogens is 2. The minimum absolute atomic E-state index is 0.0301. The molecule has 5 nitrogen and oxygen atoms in total. The van der Waals surface area contributed by atoms with Crippen molar-refractivity contribution in [1.29, 1.82) is 0 Å². The van der Waals surface area contributed by atoms with Gasteiger partial charge >= 0.3 is 6.03 Å².